The predicted octanol–water partition coefficient (Wildman–Crippen LogP) is 3.76. The highest BCUT2D eigenvalue weighted by Crippen LogP contribution is 2.26. The summed E-state index contributed by atoms with van der Waals surface area (Å²) in [6.07, 6.45) is 2.73. The van der Waals surface area contributed by atoms with E-state index in [2.05, 4.69) is 42.2 Å². The van der Waals surface area contributed by atoms with Gasteiger partial charge >= 0.3 is 0 Å². The first-order chi connectivity index (χ1) is 7.90. The Labute approximate surface area is 94.7 Å². The van der Waals surface area contributed by atoms with Gasteiger partial charge in [-0.15, -0.1) is 0 Å². The molecule has 16 heavy (non-hydrogen) atoms. The van der Waals surface area contributed by atoms with E-state index in [1.54, 1.807) is 0 Å². The van der Waals surface area contributed by atoms with Crippen LogP contribution in [0, 0.1) is 6.92 Å². The third-order valence-electron chi connectivity index (χ3n) is 2.97. The molecule has 0 N–H and O–H groups in total. The largest absolute Gasteiger partial charge is 0.256 e. The number of pyridine rings is 1. The molecule has 0 aliphatic carbocycles. The van der Waals surface area contributed by atoms with Crippen LogP contribution in [0.15, 0.2) is 48.7 Å². The summed E-state index contributed by atoms with van der Waals surface area (Å²) in [7, 11) is 0. The quantitative estimate of drug-likeness (QED) is 0.552. The van der Waals surface area contributed by atoms with E-state index in [4.69, 9.17) is 0 Å². The SMILES string of the molecule is [CH2]Cc1cccc2ncc3ccccc3c12. The highest BCUT2D eigenvalue weighted by atomic mass is 14.6. The number of rotatable bonds is 1. The van der Waals surface area contributed by atoms with E-state index >= 15 is 0 Å². The topological polar surface area (TPSA) is 12.9 Å². The first-order valence-corrected chi connectivity index (χ1v) is 5.45. The number of benzene rings is 2. The minimum Gasteiger partial charge on any atom is -0.256 e. The van der Waals surface area contributed by atoms with Crippen LogP contribution in [-0.2, 0) is 6.42 Å². The lowest BCUT2D eigenvalue weighted by molar-refractivity contribution is 1.30. The van der Waals surface area contributed by atoms with Crippen molar-refractivity contribution in [2.24, 2.45) is 0 Å². The first-order valence-electron chi connectivity index (χ1n) is 5.45. The molecule has 0 bridgehead atoms. The maximum Gasteiger partial charge on any atom is 0.0711 e. The minimum absolute atomic E-state index is 0.799. The van der Waals surface area contributed by atoms with Crippen LogP contribution >= 0.6 is 0 Å². The molecule has 0 aliphatic heterocycles. The first kappa shape index (κ1) is 9.34. The van der Waals surface area contributed by atoms with Gasteiger partial charge in [-0.2, -0.15) is 0 Å². The Kier molecular flexibility index (Phi) is 2.10. The van der Waals surface area contributed by atoms with Gasteiger partial charge in [0.1, 0.15) is 0 Å². The Morgan fingerprint density at radius 2 is 1.88 bits per heavy atom. The highest BCUT2D eigenvalue weighted by Gasteiger charge is 2.04. The van der Waals surface area contributed by atoms with Gasteiger partial charge in [-0.3, -0.25) is 4.98 Å². The Morgan fingerprint density at radius 3 is 2.75 bits per heavy atom. The zero-order chi connectivity index (χ0) is 11.0. The molecule has 0 fully saturated rings. The second-order valence-corrected chi connectivity index (χ2v) is 3.91. The van der Waals surface area contributed by atoms with E-state index < -0.39 is 0 Å². The van der Waals surface area contributed by atoms with Crippen LogP contribution in [0.25, 0.3) is 21.7 Å². The van der Waals surface area contributed by atoms with Crippen LogP contribution in [0.4, 0.5) is 0 Å². The van der Waals surface area contributed by atoms with Gasteiger partial charge in [0.25, 0.3) is 0 Å². The van der Waals surface area contributed by atoms with Gasteiger partial charge < -0.3 is 0 Å². The van der Waals surface area contributed by atoms with Crippen LogP contribution < -0.4 is 0 Å². The molecule has 77 valence electrons. The molecule has 3 aromatic rings. The summed E-state index contributed by atoms with van der Waals surface area (Å²) in [5, 5.41) is 3.71. The van der Waals surface area contributed by atoms with Crippen molar-refractivity contribution < 1.29 is 0 Å². The van der Waals surface area contributed by atoms with Crippen LogP contribution in [0.5, 0.6) is 0 Å². The third-order valence-corrected chi connectivity index (χ3v) is 2.97. The second kappa shape index (κ2) is 3.60. The number of nitrogens with zero attached hydrogens (tertiary/aromatic N) is 1. The molecule has 0 amide bonds. The molecule has 0 aliphatic rings. The molecule has 1 heteroatoms. The summed E-state index contributed by atoms with van der Waals surface area (Å²) in [6.45, 7) is 3.99. The van der Waals surface area contributed by atoms with E-state index in [1.807, 2.05) is 18.3 Å². The molecule has 1 aromatic heterocycles. The number of hydrogen-bond acceptors (Lipinski definition) is 1. The van der Waals surface area contributed by atoms with Gasteiger partial charge in [0.2, 0.25) is 0 Å². The van der Waals surface area contributed by atoms with Gasteiger partial charge in [0, 0.05) is 17.0 Å². The fourth-order valence-electron chi connectivity index (χ4n) is 2.19. The van der Waals surface area contributed by atoms with Crippen LogP contribution in [0.3, 0.4) is 0 Å². The van der Waals surface area contributed by atoms with Crippen molar-refractivity contribution in [3.05, 3.63) is 61.1 Å². The lowest BCUT2D eigenvalue weighted by atomic mass is 10.0. The number of aromatic nitrogens is 1. The van der Waals surface area contributed by atoms with E-state index in [-0.39, 0.29) is 0 Å². The van der Waals surface area contributed by atoms with Crippen LogP contribution in [0.1, 0.15) is 5.56 Å². The van der Waals surface area contributed by atoms with Gasteiger partial charge in [-0.25, -0.2) is 0 Å². The van der Waals surface area contributed by atoms with Crippen molar-refractivity contribution in [2.45, 2.75) is 6.42 Å². The molecule has 0 saturated heterocycles. The molecule has 1 heterocycles. The van der Waals surface area contributed by atoms with Crippen molar-refractivity contribution in [3.63, 3.8) is 0 Å². The average molecular weight is 206 g/mol. The summed E-state index contributed by atoms with van der Waals surface area (Å²) < 4.78 is 0. The Morgan fingerprint density at radius 1 is 1.00 bits per heavy atom. The number of fused-ring (bicyclic) bond motifs is 3. The molecular formula is C15H12N. The molecule has 1 nitrogen and oxygen atoms in total. The zero-order valence-corrected chi connectivity index (χ0v) is 8.98. The molecule has 1 radical (unpaired) electrons. The van der Waals surface area contributed by atoms with Crippen molar-refractivity contribution in [1.82, 2.24) is 4.98 Å². The zero-order valence-electron chi connectivity index (χ0n) is 8.98. The summed E-state index contributed by atoms with van der Waals surface area (Å²) in [5.41, 5.74) is 2.32. The summed E-state index contributed by atoms with van der Waals surface area (Å²) in [5.74, 6) is 0. The Hall–Kier alpha value is -1.89. The maximum atomic E-state index is 4.49. The lowest BCUT2D eigenvalue weighted by Crippen LogP contribution is -1.87. The molecular weight excluding hydrogens is 194 g/mol. The van der Waals surface area contributed by atoms with E-state index in [9.17, 15) is 0 Å². The van der Waals surface area contributed by atoms with E-state index in [0.717, 1.165) is 11.9 Å². The lowest BCUT2D eigenvalue weighted by Gasteiger charge is -2.07. The molecule has 0 spiro atoms. The predicted molar refractivity (Wildman–Crippen MR) is 68.3 cm³/mol. The van der Waals surface area contributed by atoms with Crippen molar-refractivity contribution in [3.8, 4) is 0 Å². The van der Waals surface area contributed by atoms with Gasteiger partial charge in [0.05, 0.1) is 5.52 Å². The van der Waals surface area contributed by atoms with Gasteiger partial charge in [-0.1, -0.05) is 36.4 Å². The van der Waals surface area contributed by atoms with Crippen LogP contribution in [0.2, 0.25) is 0 Å². The molecule has 0 unspecified atom stereocenters. The Balaban J connectivity index is 2.57. The Bertz CT molecular complexity index is 656. The molecule has 2 aromatic carbocycles. The minimum atomic E-state index is 0.799. The summed E-state index contributed by atoms with van der Waals surface area (Å²) in [4.78, 5) is 4.49. The normalized spacial score (nSPS) is 11.1. The second-order valence-electron chi connectivity index (χ2n) is 3.91. The molecule has 0 saturated carbocycles. The van der Waals surface area contributed by atoms with Crippen LogP contribution in [-0.4, -0.2) is 4.98 Å². The van der Waals surface area contributed by atoms with Crippen molar-refractivity contribution >= 4 is 21.7 Å². The summed E-state index contributed by atoms with van der Waals surface area (Å²) >= 11 is 0. The van der Waals surface area contributed by atoms with Crippen molar-refractivity contribution in [1.29, 1.82) is 0 Å². The highest BCUT2D eigenvalue weighted by molar-refractivity contribution is 6.07. The third kappa shape index (κ3) is 1.28. The van der Waals surface area contributed by atoms with E-state index in [0.29, 0.717) is 0 Å². The smallest absolute Gasteiger partial charge is 0.0711 e. The molecule has 3 rings (SSSR count). The standard InChI is InChI=1S/C15H12N/c1-2-11-7-5-9-14-15(11)13-8-4-3-6-12(13)10-16-14/h3-10H,1-2H2. The average Bonchev–Trinajstić information content (AvgIpc) is 2.37. The fraction of sp³-hybridized carbons (Fsp3) is 0.0667. The van der Waals surface area contributed by atoms with Crippen molar-refractivity contribution in [2.75, 3.05) is 0 Å². The fourth-order valence-corrected chi connectivity index (χ4v) is 2.19. The number of hydrogen-bond donors (Lipinski definition) is 0. The summed E-state index contributed by atoms with van der Waals surface area (Å²) in [6, 6.07) is 14.6. The monoisotopic (exact) mass is 206 g/mol. The maximum absolute atomic E-state index is 4.49. The molecule has 0 atom stereocenters. The van der Waals surface area contributed by atoms with Gasteiger partial charge in [0.15, 0.2) is 0 Å². The van der Waals surface area contributed by atoms with Gasteiger partial charge in [-0.05, 0) is 30.4 Å². The van der Waals surface area contributed by atoms with E-state index in [1.165, 1.54) is 21.7 Å².